The summed E-state index contributed by atoms with van der Waals surface area (Å²) in [5.41, 5.74) is 3.32. The van der Waals surface area contributed by atoms with Gasteiger partial charge in [-0.1, -0.05) is 11.6 Å². The summed E-state index contributed by atoms with van der Waals surface area (Å²) in [5, 5.41) is 12.8. The Hall–Kier alpha value is -2.53. The van der Waals surface area contributed by atoms with Crippen molar-refractivity contribution < 1.29 is 28.9 Å². The molecule has 0 fully saturated rings. The first-order valence-electron chi connectivity index (χ1n) is 7.74. The Kier molecular flexibility index (Phi) is 7.88. The van der Waals surface area contributed by atoms with Crippen LogP contribution in [0, 0.1) is 3.57 Å². The van der Waals surface area contributed by atoms with Crippen LogP contribution in [0.5, 0.6) is 17.2 Å². The van der Waals surface area contributed by atoms with Gasteiger partial charge in [0, 0.05) is 5.56 Å². The van der Waals surface area contributed by atoms with Gasteiger partial charge in [-0.2, -0.15) is 5.10 Å². The van der Waals surface area contributed by atoms with Gasteiger partial charge in [0.25, 0.3) is 5.91 Å². The van der Waals surface area contributed by atoms with Crippen molar-refractivity contribution in [3.8, 4) is 17.2 Å². The Bertz CT molecular complexity index is 919. The fraction of sp³-hybridized carbons (Fsp3) is 0.167. The monoisotopic (exact) mass is 518 g/mol. The molecule has 0 heterocycles. The number of carbonyl (C=O) groups excluding carboxylic acids is 1. The zero-order valence-corrected chi connectivity index (χ0v) is 17.8. The number of methoxy groups -OCH3 is 2. The van der Waals surface area contributed by atoms with Crippen molar-refractivity contribution in [2.45, 2.75) is 0 Å². The molecule has 0 unspecified atom stereocenters. The molecule has 8 nitrogen and oxygen atoms in total. The number of hydrogen-bond acceptors (Lipinski definition) is 6. The SMILES string of the molecule is COc1cc(C(=O)N/N=C\c2cc(Cl)c(OCC(=O)O)c(OC)c2)ccc1I. The number of hydrazone groups is 1. The number of nitrogens with one attached hydrogen (secondary N) is 1. The smallest absolute Gasteiger partial charge is 0.341 e. The molecule has 2 aromatic rings. The maximum absolute atomic E-state index is 12.2. The first-order chi connectivity index (χ1) is 13.3. The highest BCUT2D eigenvalue weighted by molar-refractivity contribution is 14.1. The van der Waals surface area contributed by atoms with Gasteiger partial charge < -0.3 is 19.3 Å². The molecule has 148 valence electrons. The molecule has 0 saturated heterocycles. The highest BCUT2D eigenvalue weighted by Crippen LogP contribution is 2.36. The van der Waals surface area contributed by atoms with Crippen LogP contribution in [-0.4, -0.2) is 44.0 Å². The fourth-order valence-corrected chi connectivity index (χ4v) is 2.95. The van der Waals surface area contributed by atoms with Gasteiger partial charge in [0.1, 0.15) is 5.75 Å². The van der Waals surface area contributed by atoms with E-state index >= 15 is 0 Å². The molecule has 2 aromatic carbocycles. The minimum absolute atomic E-state index is 0.110. The van der Waals surface area contributed by atoms with E-state index < -0.39 is 18.5 Å². The molecule has 2 N–H and O–H groups in total. The van der Waals surface area contributed by atoms with Crippen LogP contribution in [0.4, 0.5) is 0 Å². The van der Waals surface area contributed by atoms with Gasteiger partial charge in [-0.3, -0.25) is 4.79 Å². The van der Waals surface area contributed by atoms with Crippen LogP contribution in [0.3, 0.4) is 0 Å². The number of rotatable bonds is 8. The van der Waals surface area contributed by atoms with E-state index in [9.17, 15) is 9.59 Å². The van der Waals surface area contributed by atoms with Gasteiger partial charge in [0.05, 0.1) is 29.0 Å². The number of carboxylic acid groups (broad SMARTS) is 1. The van der Waals surface area contributed by atoms with Crippen molar-refractivity contribution in [3.63, 3.8) is 0 Å². The summed E-state index contributed by atoms with van der Waals surface area (Å²) >= 11 is 8.23. The minimum atomic E-state index is -1.14. The quantitative estimate of drug-likeness (QED) is 0.316. The van der Waals surface area contributed by atoms with Crippen LogP contribution < -0.4 is 19.6 Å². The van der Waals surface area contributed by atoms with Crippen molar-refractivity contribution in [2.75, 3.05) is 20.8 Å². The molecule has 0 spiro atoms. The first kappa shape index (κ1) is 21.8. The van der Waals surface area contributed by atoms with E-state index in [1.54, 1.807) is 24.3 Å². The van der Waals surface area contributed by atoms with Gasteiger partial charge >= 0.3 is 5.97 Å². The average molecular weight is 519 g/mol. The molecular weight excluding hydrogens is 503 g/mol. The third-order valence-corrected chi connectivity index (χ3v) is 4.56. The van der Waals surface area contributed by atoms with E-state index in [4.69, 9.17) is 30.9 Å². The highest BCUT2D eigenvalue weighted by atomic mass is 127. The number of benzene rings is 2. The lowest BCUT2D eigenvalue weighted by molar-refractivity contribution is -0.139. The molecular formula is C18H16ClIN2O6. The van der Waals surface area contributed by atoms with Crippen LogP contribution in [-0.2, 0) is 4.79 Å². The van der Waals surface area contributed by atoms with E-state index in [0.29, 0.717) is 16.9 Å². The van der Waals surface area contributed by atoms with Crippen LogP contribution in [0.25, 0.3) is 0 Å². The highest BCUT2D eigenvalue weighted by Gasteiger charge is 2.13. The summed E-state index contributed by atoms with van der Waals surface area (Å²) in [5.74, 6) is -0.613. The summed E-state index contributed by atoms with van der Waals surface area (Å²) in [6.07, 6.45) is 1.37. The van der Waals surface area contributed by atoms with E-state index in [1.165, 1.54) is 26.5 Å². The minimum Gasteiger partial charge on any atom is -0.496 e. The summed E-state index contributed by atoms with van der Waals surface area (Å²) in [6.45, 7) is -0.556. The summed E-state index contributed by atoms with van der Waals surface area (Å²) in [4.78, 5) is 22.9. The summed E-state index contributed by atoms with van der Waals surface area (Å²) in [6, 6.07) is 8.08. The van der Waals surface area contributed by atoms with Crippen molar-refractivity contribution in [2.24, 2.45) is 5.10 Å². The number of aliphatic carboxylic acids is 1. The Balaban J connectivity index is 2.12. The summed E-state index contributed by atoms with van der Waals surface area (Å²) < 4.78 is 16.4. The Morgan fingerprint density at radius 2 is 1.93 bits per heavy atom. The second-order valence-electron chi connectivity index (χ2n) is 5.26. The molecule has 10 heteroatoms. The molecule has 0 saturated carbocycles. The second kappa shape index (κ2) is 10.1. The maximum atomic E-state index is 12.2. The number of carbonyl (C=O) groups is 2. The standard InChI is InChI=1S/C18H16ClIN2O6/c1-26-14-7-11(3-4-13(14)20)18(25)22-21-8-10-5-12(19)17(15(6-10)27-2)28-9-16(23)24/h3-8H,9H2,1-2H3,(H,22,25)(H,23,24)/b21-8-. The molecule has 0 aromatic heterocycles. The molecule has 28 heavy (non-hydrogen) atoms. The van der Waals surface area contributed by atoms with Gasteiger partial charge in [-0.15, -0.1) is 0 Å². The van der Waals surface area contributed by atoms with E-state index in [-0.39, 0.29) is 16.5 Å². The second-order valence-corrected chi connectivity index (χ2v) is 6.83. The average Bonchev–Trinajstić information content (AvgIpc) is 2.66. The first-order valence-corrected chi connectivity index (χ1v) is 9.20. The van der Waals surface area contributed by atoms with Crippen LogP contribution in [0.1, 0.15) is 15.9 Å². The number of amides is 1. The fourth-order valence-electron chi connectivity index (χ4n) is 2.12. The zero-order valence-electron chi connectivity index (χ0n) is 14.9. The Morgan fingerprint density at radius 3 is 2.57 bits per heavy atom. The number of ether oxygens (including phenoxy) is 3. The van der Waals surface area contributed by atoms with Gasteiger partial charge in [0.2, 0.25) is 0 Å². The van der Waals surface area contributed by atoms with Crippen LogP contribution in [0.15, 0.2) is 35.4 Å². The molecule has 0 atom stereocenters. The largest absolute Gasteiger partial charge is 0.496 e. The van der Waals surface area contributed by atoms with E-state index in [0.717, 1.165) is 3.57 Å². The lowest BCUT2D eigenvalue weighted by Gasteiger charge is -2.11. The van der Waals surface area contributed by atoms with Gasteiger partial charge in [0.15, 0.2) is 18.1 Å². The zero-order chi connectivity index (χ0) is 20.7. The molecule has 2 rings (SSSR count). The van der Waals surface area contributed by atoms with Crippen molar-refractivity contribution in [3.05, 3.63) is 50.1 Å². The lowest BCUT2D eigenvalue weighted by Crippen LogP contribution is -2.17. The molecule has 0 aliphatic heterocycles. The van der Waals surface area contributed by atoms with Crippen LogP contribution in [0.2, 0.25) is 5.02 Å². The predicted molar refractivity (Wildman–Crippen MR) is 112 cm³/mol. The lowest BCUT2D eigenvalue weighted by atomic mass is 10.2. The normalized spacial score (nSPS) is 10.6. The summed E-state index contributed by atoms with van der Waals surface area (Å²) in [7, 11) is 2.92. The molecule has 0 bridgehead atoms. The van der Waals surface area contributed by atoms with E-state index in [2.05, 4.69) is 33.1 Å². The van der Waals surface area contributed by atoms with Gasteiger partial charge in [-0.05, 0) is 58.5 Å². The number of hydrogen-bond donors (Lipinski definition) is 2. The Labute approximate surface area is 179 Å². The van der Waals surface area contributed by atoms with Crippen molar-refractivity contribution >= 4 is 52.3 Å². The van der Waals surface area contributed by atoms with Crippen LogP contribution >= 0.6 is 34.2 Å². The number of nitrogens with zero attached hydrogens (tertiary/aromatic N) is 1. The molecule has 0 aliphatic rings. The van der Waals surface area contributed by atoms with Gasteiger partial charge in [-0.25, -0.2) is 10.2 Å². The topological polar surface area (TPSA) is 106 Å². The van der Waals surface area contributed by atoms with E-state index in [1.807, 2.05) is 0 Å². The predicted octanol–water partition coefficient (Wildman–Crippen LogP) is 3.19. The molecule has 0 radical (unpaired) electrons. The number of carboxylic acids is 1. The maximum Gasteiger partial charge on any atom is 0.341 e. The third kappa shape index (κ3) is 5.73. The number of halogens is 2. The molecule has 0 aliphatic carbocycles. The van der Waals surface area contributed by atoms with Crippen molar-refractivity contribution in [1.29, 1.82) is 0 Å². The third-order valence-electron chi connectivity index (χ3n) is 3.38. The van der Waals surface area contributed by atoms with Crippen molar-refractivity contribution in [1.82, 2.24) is 5.43 Å². The Morgan fingerprint density at radius 1 is 1.21 bits per heavy atom. The molecule has 1 amide bonds.